The lowest BCUT2D eigenvalue weighted by atomic mass is 9.96. The van der Waals surface area contributed by atoms with Crippen LogP contribution in [0, 0.1) is 13.8 Å². The van der Waals surface area contributed by atoms with Crippen molar-refractivity contribution in [2.45, 2.75) is 25.9 Å². The average molecular weight is 582 g/mol. The summed E-state index contributed by atoms with van der Waals surface area (Å²) in [5, 5.41) is 4.62. The third kappa shape index (κ3) is 5.32. The molecular formula is C28H28ClN5O3S2. The zero-order valence-electron chi connectivity index (χ0n) is 21.8. The number of pyridine rings is 1. The SMILES string of the molecule is COc1ccc(N2C(=S)N[C@@H](c3ccccn3)[C@@H]2c2cc(C)n(-c3cccc(Cl)c3)c2C)cc1NS(C)(=O)=O. The van der Waals surface area contributed by atoms with Crippen LogP contribution < -0.4 is 19.7 Å². The van der Waals surface area contributed by atoms with Crippen LogP contribution in [0.1, 0.15) is 34.7 Å². The van der Waals surface area contributed by atoms with Gasteiger partial charge in [0, 0.05) is 34.0 Å². The Morgan fingerprint density at radius 1 is 1.05 bits per heavy atom. The minimum absolute atomic E-state index is 0.263. The minimum Gasteiger partial charge on any atom is -0.495 e. The predicted molar refractivity (Wildman–Crippen MR) is 160 cm³/mol. The van der Waals surface area contributed by atoms with Crippen LogP contribution in [0.15, 0.2) is 72.9 Å². The number of anilines is 2. The second-order valence-corrected chi connectivity index (χ2v) is 12.0. The number of aryl methyl sites for hydroxylation is 1. The van der Waals surface area contributed by atoms with Crippen molar-refractivity contribution < 1.29 is 13.2 Å². The molecule has 2 aromatic carbocycles. The third-order valence-electron chi connectivity index (χ3n) is 6.71. The lowest BCUT2D eigenvalue weighted by Gasteiger charge is -2.29. The van der Waals surface area contributed by atoms with Crippen LogP contribution in [-0.4, -0.2) is 36.4 Å². The van der Waals surface area contributed by atoms with Gasteiger partial charge >= 0.3 is 0 Å². The zero-order valence-corrected chi connectivity index (χ0v) is 24.2. The van der Waals surface area contributed by atoms with Gasteiger partial charge in [-0.25, -0.2) is 8.42 Å². The molecule has 0 unspecified atom stereocenters. The summed E-state index contributed by atoms with van der Waals surface area (Å²) in [5.74, 6) is 0.402. The summed E-state index contributed by atoms with van der Waals surface area (Å²) in [4.78, 5) is 6.64. The summed E-state index contributed by atoms with van der Waals surface area (Å²) in [5.41, 5.74) is 5.94. The number of benzene rings is 2. The van der Waals surface area contributed by atoms with Crippen LogP contribution in [0.4, 0.5) is 11.4 Å². The molecule has 0 bridgehead atoms. The maximum absolute atomic E-state index is 12.1. The van der Waals surface area contributed by atoms with Crippen molar-refractivity contribution in [2.24, 2.45) is 0 Å². The van der Waals surface area contributed by atoms with E-state index >= 15 is 0 Å². The molecule has 5 rings (SSSR count). The van der Waals surface area contributed by atoms with E-state index in [-0.39, 0.29) is 12.1 Å². The first-order chi connectivity index (χ1) is 18.6. The van der Waals surface area contributed by atoms with Crippen LogP contribution in [0.25, 0.3) is 5.69 Å². The van der Waals surface area contributed by atoms with Gasteiger partial charge in [-0.2, -0.15) is 0 Å². The van der Waals surface area contributed by atoms with E-state index in [1.807, 2.05) is 53.4 Å². The summed E-state index contributed by atoms with van der Waals surface area (Å²) in [6.07, 6.45) is 2.86. The minimum atomic E-state index is -3.55. The molecule has 2 atom stereocenters. The van der Waals surface area contributed by atoms with Crippen LogP contribution in [-0.2, 0) is 10.0 Å². The number of hydrogen-bond donors (Lipinski definition) is 2. The van der Waals surface area contributed by atoms with Gasteiger partial charge in [-0.1, -0.05) is 23.7 Å². The first kappa shape index (κ1) is 27.0. The van der Waals surface area contributed by atoms with Crippen LogP contribution in [0.3, 0.4) is 0 Å². The number of thiocarbonyl (C=S) groups is 1. The molecule has 0 radical (unpaired) electrons. The highest BCUT2D eigenvalue weighted by Crippen LogP contribution is 2.45. The second-order valence-electron chi connectivity index (χ2n) is 9.40. The lowest BCUT2D eigenvalue weighted by molar-refractivity contribution is 0.417. The third-order valence-corrected chi connectivity index (χ3v) is 7.85. The molecular weight excluding hydrogens is 554 g/mol. The van der Waals surface area contributed by atoms with E-state index in [0.717, 1.165) is 34.6 Å². The second kappa shape index (κ2) is 10.5. The Morgan fingerprint density at radius 3 is 2.51 bits per heavy atom. The first-order valence-corrected chi connectivity index (χ1v) is 14.9. The maximum atomic E-state index is 12.1. The molecule has 8 nitrogen and oxygen atoms in total. The largest absolute Gasteiger partial charge is 0.495 e. The van der Waals surface area contributed by atoms with Crippen molar-refractivity contribution in [1.29, 1.82) is 0 Å². The van der Waals surface area contributed by atoms with Crippen LogP contribution >= 0.6 is 23.8 Å². The molecule has 1 fully saturated rings. The number of nitrogens with zero attached hydrogens (tertiary/aromatic N) is 3. The molecule has 0 saturated carbocycles. The van der Waals surface area contributed by atoms with Gasteiger partial charge in [-0.3, -0.25) is 9.71 Å². The van der Waals surface area contributed by atoms with E-state index in [0.29, 0.717) is 27.3 Å². The Balaban J connectivity index is 1.69. The summed E-state index contributed by atoms with van der Waals surface area (Å²) in [6.45, 7) is 4.13. The first-order valence-electron chi connectivity index (χ1n) is 12.2. The number of sulfonamides is 1. The van der Waals surface area contributed by atoms with Crippen molar-refractivity contribution >= 4 is 50.3 Å². The summed E-state index contributed by atoms with van der Waals surface area (Å²) >= 11 is 12.2. The average Bonchev–Trinajstić information content (AvgIpc) is 3.38. The monoisotopic (exact) mass is 581 g/mol. The van der Waals surface area contributed by atoms with Crippen molar-refractivity contribution in [2.75, 3.05) is 23.0 Å². The summed E-state index contributed by atoms with van der Waals surface area (Å²) in [6, 6.07) is 20.5. The number of aromatic nitrogens is 2. The lowest BCUT2D eigenvalue weighted by Crippen LogP contribution is -2.29. The van der Waals surface area contributed by atoms with Gasteiger partial charge in [0.25, 0.3) is 0 Å². The van der Waals surface area contributed by atoms with E-state index in [4.69, 9.17) is 28.6 Å². The molecule has 0 aliphatic carbocycles. The normalized spacial score (nSPS) is 17.3. The number of rotatable bonds is 7. The Hall–Kier alpha value is -3.60. The predicted octanol–water partition coefficient (Wildman–Crippen LogP) is 5.70. The zero-order chi connectivity index (χ0) is 27.9. The van der Waals surface area contributed by atoms with E-state index in [9.17, 15) is 8.42 Å². The molecule has 0 amide bonds. The molecule has 1 aliphatic heterocycles. The van der Waals surface area contributed by atoms with E-state index in [1.54, 1.807) is 18.3 Å². The molecule has 202 valence electrons. The van der Waals surface area contributed by atoms with E-state index in [2.05, 4.69) is 39.5 Å². The number of ether oxygens (including phenoxy) is 1. The maximum Gasteiger partial charge on any atom is 0.229 e. The van der Waals surface area contributed by atoms with E-state index in [1.165, 1.54) is 7.11 Å². The fourth-order valence-corrected chi connectivity index (χ4v) is 6.26. The molecule has 2 N–H and O–H groups in total. The highest BCUT2D eigenvalue weighted by atomic mass is 35.5. The molecule has 0 spiro atoms. The Morgan fingerprint density at radius 2 is 1.85 bits per heavy atom. The van der Waals surface area contributed by atoms with E-state index < -0.39 is 10.0 Å². The number of halogens is 1. The van der Waals surface area contributed by atoms with Crippen LogP contribution in [0.2, 0.25) is 5.02 Å². The molecule has 3 heterocycles. The van der Waals surface area contributed by atoms with Crippen molar-refractivity contribution in [3.8, 4) is 11.4 Å². The van der Waals surface area contributed by atoms with Gasteiger partial charge in [0.2, 0.25) is 10.0 Å². The van der Waals surface area contributed by atoms with Gasteiger partial charge in [0.1, 0.15) is 5.75 Å². The van der Waals surface area contributed by atoms with Crippen molar-refractivity contribution in [1.82, 2.24) is 14.9 Å². The number of nitrogens with one attached hydrogen (secondary N) is 2. The standard InChI is InChI=1S/C28H28ClN5O3S2/c1-17-14-22(18(2)33(17)20-9-7-8-19(29)15-20)27-26(23-10-5-6-13-30-23)31-28(38)34(27)21-11-12-25(37-3)24(16-21)32-39(4,35)36/h5-16,26-27,32H,1-4H3,(H,31,38)/t26-,27-/m0/s1. The fourth-order valence-electron chi connectivity index (χ4n) is 5.17. The quantitative estimate of drug-likeness (QED) is 0.271. The van der Waals surface area contributed by atoms with Crippen LogP contribution in [0.5, 0.6) is 5.75 Å². The molecule has 11 heteroatoms. The van der Waals surface area contributed by atoms with Gasteiger partial charge in [-0.05, 0) is 86.2 Å². The Kier molecular flexibility index (Phi) is 7.28. The number of hydrogen-bond acceptors (Lipinski definition) is 5. The summed E-state index contributed by atoms with van der Waals surface area (Å²) in [7, 11) is -2.05. The molecule has 1 aliphatic rings. The van der Waals surface area contributed by atoms with Crippen molar-refractivity contribution in [3.05, 3.63) is 101 Å². The van der Waals surface area contributed by atoms with Gasteiger partial charge in [0.15, 0.2) is 5.11 Å². The molecule has 39 heavy (non-hydrogen) atoms. The Bertz CT molecular complexity index is 1660. The topological polar surface area (TPSA) is 88.5 Å². The highest BCUT2D eigenvalue weighted by molar-refractivity contribution is 7.92. The van der Waals surface area contributed by atoms with Gasteiger partial charge < -0.3 is 19.5 Å². The Labute approximate surface area is 238 Å². The fraction of sp³-hybridized carbons (Fsp3) is 0.214. The molecule has 4 aromatic rings. The van der Waals surface area contributed by atoms with Gasteiger partial charge in [-0.15, -0.1) is 0 Å². The smallest absolute Gasteiger partial charge is 0.229 e. The molecule has 1 saturated heterocycles. The molecule has 2 aromatic heterocycles. The summed E-state index contributed by atoms with van der Waals surface area (Å²) < 4.78 is 34.3. The highest BCUT2D eigenvalue weighted by Gasteiger charge is 2.42. The van der Waals surface area contributed by atoms with Gasteiger partial charge in [0.05, 0.1) is 36.8 Å². The number of methoxy groups -OCH3 is 1. The van der Waals surface area contributed by atoms with Crippen molar-refractivity contribution in [3.63, 3.8) is 0 Å².